The molecule has 4 rings (SSSR count). The molecule has 1 aliphatic heterocycles. The molecule has 1 saturated heterocycles. The highest BCUT2D eigenvalue weighted by atomic mass is 32.1. The van der Waals surface area contributed by atoms with Crippen molar-refractivity contribution in [2.45, 2.75) is 53.6 Å². The lowest BCUT2D eigenvalue weighted by atomic mass is 9.47. The number of carbonyl (C=O) groups excluding carboxylic acids is 1. The molecule has 7 nitrogen and oxygen atoms in total. The van der Waals surface area contributed by atoms with E-state index >= 15 is 0 Å². The second kappa shape index (κ2) is 8.23. The Morgan fingerprint density at radius 2 is 2.10 bits per heavy atom. The van der Waals surface area contributed by atoms with E-state index in [0.29, 0.717) is 18.4 Å². The SMILES string of the molecule is CCCNc1ncc(CN2C[C@@H]3C(C)(C)C[C@]3(C(=O)NCc3csc(C)n3)C2)cn1. The Balaban J connectivity index is 1.40. The van der Waals surface area contributed by atoms with Gasteiger partial charge in [0.25, 0.3) is 0 Å². The van der Waals surface area contributed by atoms with Crippen LogP contribution in [0.4, 0.5) is 5.95 Å². The number of carbonyl (C=O) groups is 1. The molecule has 2 aliphatic rings. The summed E-state index contributed by atoms with van der Waals surface area (Å²) in [7, 11) is 0. The molecule has 0 bridgehead atoms. The number of amides is 1. The van der Waals surface area contributed by atoms with Crippen molar-refractivity contribution in [3.8, 4) is 0 Å². The van der Waals surface area contributed by atoms with Crippen LogP contribution in [0.15, 0.2) is 17.8 Å². The second-order valence-electron chi connectivity index (χ2n) is 9.43. The molecule has 0 aromatic carbocycles. The smallest absolute Gasteiger partial charge is 0.228 e. The highest BCUT2D eigenvalue weighted by Crippen LogP contribution is 2.63. The van der Waals surface area contributed by atoms with E-state index in [4.69, 9.17) is 0 Å². The average molecular weight is 429 g/mol. The number of rotatable bonds is 8. The van der Waals surface area contributed by atoms with Crippen LogP contribution in [0.2, 0.25) is 0 Å². The number of thiazole rings is 1. The lowest BCUT2D eigenvalue weighted by Crippen LogP contribution is -2.60. The first-order valence-corrected chi connectivity index (χ1v) is 11.7. The van der Waals surface area contributed by atoms with Gasteiger partial charge in [-0.05, 0) is 31.1 Å². The molecule has 1 aliphatic carbocycles. The Labute approximate surface area is 182 Å². The first-order chi connectivity index (χ1) is 14.3. The molecule has 3 heterocycles. The number of hydrogen-bond donors (Lipinski definition) is 2. The Hall–Kier alpha value is -2.06. The maximum absolute atomic E-state index is 13.2. The van der Waals surface area contributed by atoms with E-state index in [1.807, 2.05) is 24.7 Å². The van der Waals surface area contributed by atoms with Gasteiger partial charge in [0, 0.05) is 49.5 Å². The molecule has 2 fully saturated rings. The summed E-state index contributed by atoms with van der Waals surface area (Å²) in [5.74, 6) is 1.22. The first kappa shape index (κ1) is 21.2. The van der Waals surface area contributed by atoms with Crippen molar-refractivity contribution in [2.75, 3.05) is 25.0 Å². The van der Waals surface area contributed by atoms with Gasteiger partial charge >= 0.3 is 0 Å². The predicted molar refractivity (Wildman–Crippen MR) is 119 cm³/mol. The fourth-order valence-corrected chi connectivity index (χ4v) is 5.89. The van der Waals surface area contributed by atoms with E-state index in [1.165, 1.54) is 0 Å². The van der Waals surface area contributed by atoms with Crippen molar-refractivity contribution in [2.24, 2.45) is 16.7 Å². The highest BCUT2D eigenvalue weighted by molar-refractivity contribution is 7.09. The number of nitrogens with zero attached hydrogens (tertiary/aromatic N) is 4. The molecule has 8 heteroatoms. The van der Waals surface area contributed by atoms with Gasteiger partial charge in [-0.1, -0.05) is 20.8 Å². The number of anilines is 1. The Morgan fingerprint density at radius 1 is 1.33 bits per heavy atom. The van der Waals surface area contributed by atoms with Crippen LogP contribution in [0.1, 0.15) is 49.9 Å². The third kappa shape index (κ3) is 4.07. The quantitative estimate of drug-likeness (QED) is 0.672. The third-order valence-corrected chi connectivity index (χ3v) is 7.34. The van der Waals surface area contributed by atoms with Gasteiger partial charge in [0.1, 0.15) is 0 Å². The predicted octanol–water partition coefficient (Wildman–Crippen LogP) is 3.23. The summed E-state index contributed by atoms with van der Waals surface area (Å²) in [6.07, 6.45) is 5.77. The molecule has 2 aromatic heterocycles. The summed E-state index contributed by atoms with van der Waals surface area (Å²) in [6, 6.07) is 0. The van der Waals surface area contributed by atoms with E-state index in [1.54, 1.807) is 11.3 Å². The van der Waals surface area contributed by atoms with Crippen LogP contribution >= 0.6 is 11.3 Å². The van der Waals surface area contributed by atoms with Gasteiger partial charge < -0.3 is 10.6 Å². The number of fused-ring (bicyclic) bond motifs is 1. The van der Waals surface area contributed by atoms with Crippen LogP contribution in [-0.2, 0) is 17.9 Å². The second-order valence-corrected chi connectivity index (χ2v) is 10.5. The van der Waals surface area contributed by atoms with Crippen LogP contribution in [0.3, 0.4) is 0 Å². The zero-order valence-electron chi connectivity index (χ0n) is 18.4. The van der Waals surface area contributed by atoms with E-state index in [0.717, 1.165) is 55.3 Å². The molecule has 2 aromatic rings. The van der Waals surface area contributed by atoms with Crippen LogP contribution in [-0.4, -0.2) is 45.4 Å². The summed E-state index contributed by atoms with van der Waals surface area (Å²) in [4.78, 5) is 29.0. The van der Waals surface area contributed by atoms with Crippen molar-refractivity contribution in [1.82, 2.24) is 25.2 Å². The third-order valence-electron chi connectivity index (χ3n) is 6.52. The standard InChI is InChI=1S/C22H32N6OS/c1-5-6-23-20-25-7-16(8-26-20)10-28-11-18-21(3,4)13-22(18,14-28)19(29)24-9-17-12-30-15(2)27-17/h7-8,12,18H,5-6,9-11,13-14H2,1-4H3,(H,24,29)(H,23,25,26)/t18-,22+/m1/s1. The van der Waals surface area contributed by atoms with Crippen molar-refractivity contribution < 1.29 is 4.79 Å². The summed E-state index contributed by atoms with van der Waals surface area (Å²) in [5, 5.41) is 9.43. The normalized spacial score (nSPS) is 24.9. The molecule has 0 radical (unpaired) electrons. The van der Waals surface area contributed by atoms with E-state index in [9.17, 15) is 4.79 Å². The highest BCUT2D eigenvalue weighted by Gasteiger charge is 2.66. The molecule has 2 N–H and O–H groups in total. The Kier molecular flexibility index (Phi) is 5.81. The summed E-state index contributed by atoms with van der Waals surface area (Å²) in [6.45, 7) is 12.6. The maximum atomic E-state index is 13.2. The summed E-state index contributed by atoms with van der Waals surface area (Å²) >= 11 is 1.62. The molecule has 30 heavy (non-hydrogen) atoms. The van der Waals surface area contributed by atoms with Gasteiger partial charge in [-0.3, -0.25) is 9.69 Å². The maximum Gasteiger partial charge on any atom is 0.228 e. The Morgan fingerprint density at radius 3 is 2.73 bits per heavy atom. The fourth-order valence-electron chi connectivity index (χ4n) is 5.28. The minimum absolute atomic E-state index is 0.176. The summed E-state index contributed by atoms with van der Waals surface area (Å²) in [5.41, 5.74) is 1.93. The van der Waals surface area contributed by atoms with Crippen LogP contribution in [0, 0.1) is 23.7 Å². The van der Waals surface area contributed by atoms with Crippen LogP contribution in [0.25, 0.3) is 0 Å². The number of nitrogens with one attached hydrogen (secondary N) is 2. The fraction of sp³-hybridized carbons (Fsp3) is 0.636. The summed E-state index contributed by atoms with van der Waals surface area (Å²) < 4.78 is 0. The van der Waals surface area contributed by atoms with Crippen molar-refractivity contribution in [3.63, 3.8) is 0 Å². The van der Waals surface area contributed by atoms with Crippen LogP contribution in [0.5, 0.6) is 0 Å². The molecule has 1 saturated carbocycles. The largest absolute Gasteiger partial charge is 0.354 e. The van der Waals surface area contributed by atoms with Gasteiger partial charge in [0.15, 0.2) is 0 Å². The minimum atomic E-state index is -0.294. The van der Waals surface area contributed by atoms with Gasteiger partial charge in [-0.2, -0.15) is 0 Å². The zero-order chi connectivity index (χ0) is 21.4. The monoisotopic (exact) mass is 428 g/mol. The molecule has 0 spiro atoms. The zero-order valence-corrected chi connectivity index (χ0v) is 19.2. The lowest BCUT2D eigenvalue weighted by Gasteiger charge is -2.55. The Bertz CT molecular complexity index is 895. The van der Waals surface area contributed by atoms with Gasteiger partial charge in [0.05, 0.1) is 22.7 Å². The number of hydrogen-bond acceptors (Lipinski definition) is 7. The average Bonchev–Trinajstić information content (AvgIpc) is 3.27. The minimum Gasteiger partial charge on any atom is -0.354 e. The lowest BCUT2D eigenvalue weighted by molar-refractivity contribution is -0.152. The number of aryl methyl sites for hydroxylation is 1. The molecule has 1 amide bonds. The van der Waals surface area contributed by atoms with E-state index in [2.05, 4.69) is 51.3 Å². The van der Waals surface area contributed by atoms with Crippen molar-refractivity contribution in [1.29, 1.82) is 0 Å². The van der Waals surface area contributed by atoms with Gasteiger partial charge in [-0.15, -0.1) is 11.3 Å². The van der Waals surface area contributed by atoms with Gasteiger partial charge in [0.2, 0.25) is 11.9 Å². The van der Waals surface area contributed by atoms with Crippen molar-refractivity contribution >= 4 is 23.2 Å². The topological polar surface area (TPSA) is 83.0 Å². The van der Waals surface area contributed by atoms with Crippen LogP contribution < -0.4 is 10.6 Å². The molecule has 162 valence electrons. The number of aromatic nitrogens is 3. The van der Waals surface area contributed by atoms with Crippen molar-refractivity contribution in [3.05, 3.63) is 34.0 Å². The number of likely N-dealkylation sites (tertiary alicyclic amines) is 1. The molecular weight excluding hydrogens is 396 g/mol. The molecular formula is C22H32N6OS. The van der Waals surface area contributed by atoms with Gasteiger partial charge in [-0.25, -0.2) is 15.0 Å². The molecule has 2 atom stereocenters. The van der Waals surface area contributed by atoms with E-state index < -0.39 is 0 Å². The first-order valence-electron chi connectivity index (χ1n) is 10.8. The molecule has 0 unspecified atom stereocenters. The van der Waals surface area contributed by atoms with E-state index in [-0.39, 0.29) is 16.7 Å².